The van der Waals surface area contributed by atoms with Crippen LogP contribution in [0.4, 0.5) is 0 Å². The lowest BCUT2D eigenvalue weighted by Crippen LogP contribution is -2.42. The molecule has 0 bridgehead atoms. The van der Waals surface area contributed by atoms with Crippen molar-refractivity contribution in [1.29, 1.82) is 0 Å². The number of aromatic nitrogens is 1. The van der Waals surface area contributed by atoms with Gasteiger partial charge in [-0.2, -0.15) is 4.31 Å². The Morgan fingerprint density at radius 3 is 2.22 bits per heavy atom. The molecule has 1 aliphatic heterocycles. The fraction of sp³-hybridized carbons (Fsp3) is 0.304. The molecule has 0 amide bonds. The molecule has 0 radical (unpaired) electrons. The lowest BCUT2D eigenvalue weighted by atomic mass is 10.0. The lowest BCUT2D eigenvalue weighted by molar-refractivity contribution is 0.289. The van der Waals surface area contributed by atoms with Crippen LogP contribution >= 0.6 is 0 Å². The van der Waals surface area contributed by atoms with Crippen molar-refractivity contribution in [3.63, 3.8) is 0 Å². The molecule has 2 aromatic carbocycles. The highest BCUT2D eigenvalue weighted by Gasteiger charge is 2.39. The summed E-state index contributed by atoms with van der Waals surface area (Å²) in [6.07, 6.45) is 1.95. The van der Waals surface area contributed by atoms with Crippen LogP contribution in [0.25, 0.3) is 0 Å². The van der Waals surface area contributed by atoms with Gasteiger partial charge in [-0.1, -0.05) is 0 Å². The van der Waals surface area contributed by atoms with Crippen LogP contribution in [0.5, 0.6) is 23.0 Å². The number of nitrogens with zero attached hydrogens (tertiary/aromatic N) is 2. The van der Waals surface area contributed by atoms with E-state index in [0.717, 1.165) is 5.69 Å². The first-order valence-corrected chi connectivity index (χ1v) is 11.5. The van der Waals surface area contributed by atoms with Crippen molar-refractivity contribution in [2.75, 3.05) is 35.0 Å². The van der Waals surface area contributed by atoms with Gasteiger partial charge in [-0.3, -0.25) is 0 Å². The molecular weight excluding hydrogens is 432 g/mol. The number of hydrogen-bond acceptors (Lipinski definition) is 6. The zero-order valence-corrected chi connectivity index (χ0v) is 19.3. The Morgan fingerprint density at radius 2 is 1.53 bits per heavy atom. The van der Waals surface area contributed by atoms with Gasteiger partial charge in [0.1, 0.15) is 11.5 Å². The van der Waals surface area contributed by atoms with E-state index < -0.39 is 16.1 Å². The van der Waals surface area contributed by atoms with E-state index in [1.54, 1.807) is 32.4 Å². The average Bonchev–Trinajstić information content (AvgIpc) is 3.31. The third-order valence-corrected chi connectivity index (χ3v) is 7.55. The summed E-state index contributed by atoms with van der Waals surface area (Å²) in [5.74, 6) is 2.01. The second-order valence-corrected chi connectivity index (χ2v) is 9.16. The first-order chi connectivity index (χ1) is 15.4. The molecule has 0 N–H and O–H groups in total. The summed E-state index contributed by atoms with van der Waals surface area (Å²) in [6, 6.07) is 13.3. The Labute approximate surface area is 187 Å². The zero-order valence-electron chi connectivity index (χ0n) is 18.4. The highest BCUT2D eigenvalue weighted by Crippen LogP contribution is 2.42. The normalized spacial score (nSPS) is 16.3. The predicted molar refractivity (Wildman–Crippen MR) is 119 cm³/mol. The Balaban J connectivity index is 1.88. The summed E-state index contributed by atoms with van der Waals surface area (Å²) in [7, 11) is 2.24. The van der Waals surface area contributed by atoms with Crippen molar-refractivity contribution < 1.29 is 27.4 Å². The van der Waals surface area contributed by atoms with Crippen molar-refractivity contribution in [2.45, 2.75) is 17.5 Å². The molecule has 1 aliphatic rings. The Bertz CT molecular complexity index is 1220. The SMILES string of the molecule is COc1ccc(OC)c(C2c3cccn3CCN2S(=O)(=O)c2ccc(OC)c(OC)c2)c1. The molecule has 3 aromatic rings. The Hall–Kier alpha value is -3.17. The second kappa shape index (κ2) is 8.76. The first-order valence-electron chi connectivity index (χ1n) is 10.1. The summed E-state index contributed by atoms with van der Waals surface area (Å²) in [4.78, 5) is 0.127. The maximum atomic E-state index is 13.9. The van der Waals surface area contributed by atoms with Crippen LogP contribution in [0.1, 0.15) is 17.3 Å². The molecule has 4 rings (SSSR count). The van der Waals surface area contributed by atoms with Crippen molar-refractivity contribution in [2.24, 2.45) is 0 Å². The number of ether oxygens (including phenoxy) is 4. The van der Waals surface area contributed by atoms with Gasteiger partial charge >= 0.3 is 0 Å². The molecule has 0 saturated heterocycles. The third-order valence-electron chi connectivity index (χ3n) is 5.69. The monoisotopic (exact) mass is 458 g/mol. The van der Waals surface area contributed by atoms with E-state index in [0.29, 0.717) is 41.7 Å². The van der Waals surface area contributed by atoms with E-state index in [1.165, 1.54) is 30.7 Å². The van der Waals surface area contributed by atoms with Gasteiger partial charge < -0.3 is 23.5 Å². The van der Waals surface area contributed by atoms with Crippen LogP contribution in [-0.2, 0) is 16.6 Å². The van der Waals surface area contributed by atoms with E-state index in [4.69, 9.17) is 18.9 Å². The molecular formula is C23H26N2O6S. The van der Waals surface area contributed by atoms with Gasteiger partial charge in [-0.15, -0.1) is 0 Å². The molecule has 9 heteroatoms. The van der Waals surface area contributed by atoms with Gasteiger partial charge in [-0.25, -0.2) is 8.42 Å². The predicted octanol–water partition coefficient (Wildman–Crippen LogP) is 3.32. The van der Waals surface area contributed by atoms with Gasteiger partial charge in [-0.05, 0) is 42.5 Å². The van der Waals surface area contributed by atoms with E-state index in [-0.39, 0.29) is 4.90 Å². The number of rotatable bonds is 7. The van der Waals surface area contributed by atoms with Crippen LogP contribution in [-0.4, -0.2) is 52.3 Å². The number of benzene rings is 2. The third kappa shape index (κ3) is 3.67. The minimum absolute atomic E-state index is 0.127. The standard InChI is InChI=1S/C23H26N2O6S/c1-28-16-7-9-20(29-2)18(14-16)23-19-6-5-11-24(19)12-13-25(23)32(26,27)17-8-10-21(30-3)22(15-17)31-4/h5-11,14-15,23H,12-13H2,1-4H3. The van der Waals surface area contributed by atoms with Gasteiger partial charge in [0.25, 0.3) is 0 Å². The molecule has 0 aliphatic carbocycles. The number of hydrogen-bond donors (Lipinski definition) is 0. The minimum atomic E-state index is -3.89. The highest BCUT2D eigenvalue weighted by molar-refractivity contribution is 7.89. The van der Waals surface area contributed by atoms with Crippen LogP contribution in [0.2, 0.25) is 0 Å². The summed E-state index contributed by atoms with van der Waals surface area (Å²) in [6.45, 7) is 0.834. The van der Waals surface area contributed by atoms with Crippen molar-refractivity contribution in [1.82, 2.24) is 8.87 Å². The topological polar surface area (TPSA) is 79.2 Å². The smallest absolute Gasteiger partial charge is 0.244 e. The molecule has 0 spiro atoms. The van der Waals surface area contributed by atoms with Crippen molar-refractivity contribution in [3.8, 4) is 23.0 Å². The molecule has 1 aromatic heterocycles. The van der Waals surface area contributed by atoms with Crippen molar-refractivity contribution >= 4 is 10.0 Å². The average molecular weight is 459 g/mol. The van der Waals surface area contributed by atoms with Crippen LogP contribution in [0.15, 0.2) is 59.6 Å². The van der Waals surface area contributed by atoms with Gasteiger partial charge in [0.15, 0.2) is 11.5 Å². The molecule has 1 unspecified atom stereocenters. The zero-order chi connectivity index (χ0) is 22.9. The Kier molecular flexibility index (Phi) is 6.03. The summed E-state index contributed by atoms with van der Waals surface area (Å²) in [5.41, 5.74) is 1.56. The second-order valence-electron chi connectivity index (χ2n) is 7.27. The molecule has 2 heterocycles. The summed E-state index contributed by atoms with van der Waals surface area (Å²) in [5, 5.41) is 0. The fourth-order valence-corrected chi connectivity index (χ4v) is 5.69. The largest absolute Gasteiger partial charge is 0.497 e. The molecule has 0 saturated carbocycles. The molecule has 170 valence electrons. The van der Waals surface area contributed by atoms with Gasteiger partial charge in [0, 0.05) is 36.6 Å². The van der Waals surface area contributed by atoms with E-state index >= 15 is 0 Å². The minimum Gasteiger partial charge on any atom is -0.497 e. The van der Waals surface area contributed by atoms with Gasteiger partial charge in [0.05, 0.1) is 39.4 Å². The van der Waals surface area contributed by atoms with Gasteiger partial charge in [0.2, 0.25) is 10.0 Å². The molecule has 8 nitrogen and oxygen atoms in total. The van der Waals surface area contributed by atoms with Crippen LogP contribution in [0.3, 0.4) is 0 Å². The van der Waals surface area contributed by atoms with Crippen LogP contribution < -0.4 is 18.9 Å². The first kappa shape index (κ1) is 22.0. The van der Waals surface area contributed by atoms with Crippen molar-refractivity contribution in [3.05, 3.63) is 66.0 Å². The fourth-order valence-electron chi connectivity index (χ4n) is 4.10. The number of fused-ring (bicyclic) bond motifs is 1. The van der Waals surface area contributed by atoms with E-state index in [1.807, 2.05) is 24.4 Å². The number of methoxy groups -OCH3 is 4. The lowest BCUT2D eigenvalue weighted by Gasteiger charge is -2.37. The maximum Gasteiger partial charge on any atom is 0.244 e. The number of sulfonamides is 1. The van der Waals surface area contributed by atoms with E-state index in [9.17, 15) is 8.42 Å². The molecule has 0 fully saturated rings. The Morgan fingerprint density at radius 1 is 0.812 bits per heavy atom. The van der Waals surface area contributed by atoms with E-state index in [2.05, 4.69) is 4.57 Å². The summed E-state index contributed by atoms with van der Waals surface area (Å²) >= 11 is 0. The molecule has 32 heavy (non-hydrogen) atoms. The maximum absolute atomic E-state index is 13.9. The highest BCUT2D eigenvalue weighted by atomic mass is 32.2. The van der Waals surface area contributed by atoms with Crippen LogP contribution in [0, 0.1) is 0 Å². The summed E-state index contributed by atoms with van der Waals surface area (Å²) < 4.78 is 52.9. The molecule has 1 atom stereocenters. The quantitative estimate of drug-likeness (QED) is 0.541.